The predicted octanol–water partition coefficient (Wildman–Crippen LogP) is 2.88. The van der Waals surface area contributed by atoms with Crippen LogP contribution in [0.2, 0.25) is 0 Å². The van der Waals surface area contributed by atoms with Gasteiger partial charge >= 0.3 is 0 Å². The first kappa shape index (κ1) is 9.24. The van der Waals surface area contributed by atoms with E-state index >= 15 is 0 Å². The molecule has 0 amide bonds. The van der Waals surface area contributed by atoms with Crippen LogP contribution in [0.1, 0.15) is 33.6 Å². The van der Waals surface area contributed by atoms with E-state index in [4.69, 9.17) is 0 Å². The number of hydrogen-bond acceptors (Lipinski definition) is 1. The fraction of sp³-hybridized carbons (Fsp3) is 0.545. The van der Waals surface area contributed by atoms with Crippen molar-refractivity contribution in [1.29, 1.82) is 0 Å². The Balaban J connectivity index is 2.83. The first-order valence-electron chi connectivity index (χ1n) is 4.40. The zero-order chi connectivity index (χ0) is 9.19. The van der Waals surface area contributed by atoms with Gasteiger partial charge in [0.2, 0.25) is 0 Å². The quantitative estimate of drug-likeness (QED) is 0.582. The molecule has 0 unspecified atom stereocenters. The highest BCUT2D eigenvalue weighted by Crippen LogP contribution is 2.33. The molecule has 0 aromatic carbocycles. The summed E-state index contributed by atoms with van der Waals surface area (Å²) in [6, 6.07) is 0. The SMILES string of the molecule is C/C=C/C1=CC(=O)CC(C)(C)C1. The summed E-state index contributed by atoms with van der Waals surface area (Å²) in [6.07, 6.45) is 7.49. The minimum atomic E-state index is 0.153. The van der Waals surface area contributed by atoms with Crippen molar-refractivity contribution in [2.24, 2.45) is 5.41 Å². The summed E-state index contributed by atoms with van der Waals surface area (Å²) in [7, 11) is 0. The van der Waals surface area contributed by atoms with Crippen molar-refractivity contribution in [3.63, 3.8) is 0 Å². The zero-order valence-electron chi connectivity index (χ0n) is 8.05. The summed E-state index contributed by atoms with van der Waals surface area (Å²) in [6.45, 7) is 6.26. The maximum Gasteiger partial charge on any atom is 0.156 e. The molecule has 0 bridgehead atoms. The molecule has 0 N–H and O–H groups in total. The maximum absolute atomic E-state index is 11.3. The lowest BCUT2D eigenvalue weighted by Gasteiger charge is -2.27. The number of ketones is 1. The zero-order valence-corrected chi connectivity index (χ0v) is 8.05. The van der Waals surface area contributed by atoms with Crippen LogP contribution >= 0.6 is 0 Å². The molecule has 0 radical (unpaired) electrons. The van der Waals surface area contributed by atoms with E-state index in [0.717, 1.165) is 6.42 Å². The Morgan fingerprint density at radius 1 is 1.42 bits per heavy atom. The third-order valence-corrected chi connectivity index (χ3v) is 2.06. The Kier molecular flexibility index (Phi) is 2.51. The van der Waals surface area contributed by atoms with E-state index in [2.05, 4.69) is 13.8 Å². The minimum Gasteiger partial charge on any atom is -0.295 e. The molecule has 0 atom stereocenters. The third kappa shape index (κ3) is 2.33. The van der Waals surface area contributed by atoms with Gasteiger partial charge in [-0.1, -0.05) is 26.0 Å². The number of allylic oxidation sites excluding steroid dienone is 4. The van der Waals surface area contributed by atoms with Gasteiger partial charge in [-0.15, -0.1) is 0 Å². The van der Waals surface area contributed by atoms with Crippen LogP contribution in [0.3, 0.4) is 0 Å². The molecular formula is C11H16O. The Morgan fingerprint density at radius 2 is 2.08 bits per heavy atom. The van der Waals surface area contributed by atoms with Crippen molar-refractivity contribution in [3.05, 3.63) is 23.8 Å². The van der Waals surface area contributed by atoms with Crippen LogP contribution in [0.4, 0.5) is 0 Å². The lowest BCUT2D eigenvalue weighted by Crippen LogP contribution is -2.21. The number of carbonyl (C=O) groups excluding carboxylic acids is 1. The van der Waals surface area contributed by atoms with Crippen molar-refractivity contribution in [1.82, 2.24) is 0 Å². The predicted molar refractivity (Wildman–Crippen MR) is 50.9 cm³/mol. The summed E-state index contributed by atoms with van der Waals surface area (Å²) in [5, 5.41) is 0. The fourth-order valence-electron chi connectivity index (χ4n) is 1.72. The van der Waals surface area contributed by atoms with E-state index in [0.29, 0.717) is 6.42 Å². The molecule has 0 aliphatic heterocycles. The van der Waals surface area contributed by atoms with Crippen LogP contribution in [0.25, 0.3) is 0 Å². The number of carbonyl (C=O) groups is 1. The second-order valence-corrected chi connectivity index (χ2v) is 4.20. The Labute approximate surface area is 74.2 Å². The normalized spacial score (nSPS) is 22.9. The molecule has 0 aromatic rings. The van der Waals surface area contributed by atoms with Crippen LogP contribution in [0.15, 0.2) is 23.8 Å². The van der Waals surface area contributed by atoms with E-state index in [-0.39, 0.29) is 11.2 Å². The largest absolute Gasteiger partial charge is 0.295 e. The van der Waals surface area contributed by atoms with E-state index in [1.165, 1.54) is 5.57 Å². The topological polar surface area (TPSA) is 17.1 Å². The third-order valence-electron chi connectivity index (χ3n) is 2.06. The van der Waals surface area contributed by atoms with Crippen molar-refractivity contribution < 1.29 is 4.79 Å². The van der Waals surface area contributed by atoms with Crippen LogP contribution < -0.4 is 0 Å². The minimum absolute atomic E-state index is 0.153. The Bertz CT molecular complexity index is 244. The van der Waals surface area contributed by atoms with Crippen LogP contribution in [0.5, 0.6) is 0 Å². The molecule has 0 fully saturated rings. The highest BCUT2D eigenvalue weighted by molar-refractivity contribution is 5.92. The average molecular weight is 164 g/mol. The summed E-state index contributed by atoms with van der Waals surface area (Å²) >= 11 is 0. The highest BCUT2D eigenvalue weighted by atomic mass is 16.1. The van der Waals surface area contributed by atoms with Gasteiger partial charge in [0, 0.05) is 6.42 Å². The molecule has 66 valence electrons. The van der Waals surface area contributed by atoms with Gasteiger partial charge in [-0.2, -0.15) is 0 Å². The first-order chi connectivity index (χ1) is 5.53. The van der Waals surface area contributed by atoms with E-state index in [1.807, 2.05) is 19.1 Å². The Morgan fingerprint density at radius 3 is 2.58 bits per heavy atom. The molecule has 1 rings (SSSR count). The lowest BCUT2D eigenvalue weighted by atomic mass is 9.77. The van der Waals surface area contributed by atoms with Gasteiger partial charge < -0.3 is 0 Å². The second-order valence-electron chi connectivity index (χ2n) is 4.20. The monoisotopic (exact) mass is 164 g/mol. The van der Waals surface area contributed by atoms with Gasteiger partial charge in [0.05, 0.1) is 0 Å². The molecular weight excluding hydrogens is 148 g/mol. The Hall–Kier alpha value is -0.850. The van der Waals surface area contributed by atoms with Crippen LogP contribution in [-0.2, 0) is 4.79 Å². The van der Waals surface area contributed by atoms with Gasteiger partial charge in [-0.25, -0.2) is 0 Å². The maximum atomic E-state index is 11.3. The lowest BCUT2D eigenvalue weighted by molar-refractivity contribution is -0.116. The van der Waals surface area contributed by atoms with Crippen molar-refractivity contribution in [2.75, 3.05) is 0 Å². The van der Waals surface area contributed by atoms with Crippen LogP contribution in [0, 0.1) is 5.41 Å². The molecule has 1 aliphatic rings. The summed E-state index contributed by atoms with van der Waals surface area (Å²) in [4.78, 5) is 11.3. The van der Waals surface area contributed by atoms with Gasteiger partial charge in [-0.3, -0.25) is 4.79 Å². The summed E-state index contributed by atoms with van der Waals surface area (Å²) < 4.78 is 0. The van der Waals surface area contributed by atoms with Gasteiger partial charge in [0.25, 0.3) is 0 Å². The summed E-state index contributed by atoms with van der Waals surface area (Å²) in [5.74, 6) is 0.263. The molecule has 1 heteroatoms. The smallest absolute Gasteiger partial charge is 0.156 e. The van der Waals surface area contributed by atoms with Crippen molar-refractivity contribution in [2.45, 2.75) is 33.6 Å². The van der Waals surface area contributed by atoms with E-state index in [1.54, 1.807) is 6.08 Å². The van der Waals surface area contributed by atoms with Crippen molar-refractivity contribution >= 4 is 5.78 Å². The van der Waals surface area contributed by atoms with Crippen LogP contribution in [-0.4, -0.2) is 5.78 Å². The molecule has 12 heavy (non-hydrogen) atoms. The van der Waals surface area contributed by atoms with E-state index in [9.17, 15) is 4.79 Å². The van der Waals surface area contributed by atoms with Gasteiger partial charge in [-0.05, 0) is 30.4 Å². The molecule has 0 heterocycles. The molecule has 0 spiro atoms. The molecule has 0 saturated heterocycles. The average Bonchev–Trinajstić information content (AvgIpc) is 1.82. The first-order valence-corrected chi connectivity index (χ1v) is 4.40. The molecule has 0 saturated carbocycles. The second kappa shape index (κ2) is 3.26. The standard InChI is InChI=1S/C11H16O/c1-4-5-9-6-10(12)8-11(2,3)7-9/h4-6H,7-8H2,1-3H3/b5-4+. The molecule has 1 nitrogen and oxygen atoms in total. The van der Waals surface area contributed by atoms with Crippen molar-refractivity contribution in [3.8, 4) is 0 Å². The fourth-order valence-corrected chi connectivity index (χ4v) is 1.72. The van der Waals surface area contributed by atoms with Gasteiger partial charge in [0.1, 0.15) is 0 Å². The number of hydrogen-bond donors (Lipinski definition) is 0. The van der Waals surface area contributed by atoms with E-state index < -0.39 is 0 Å². The molecule has 1 aliphatic carbocycles. The highest BCUT2D eigenvalue weighted by Gasteiger charge is 2.25. The van der Waals surface area contributed by atoms with Gasteiger partial charge in [0.15, 0.2) is 5.78 Å². The number of rotatable bonds is 1. The summed E-state index contributed by atoms with van der Waals surface area (Å²) in [5.41, 5.74) is 1.32. The molecule has 0 aromatic heterocycles.